The van der Waals surface area contributed by atoms with Crippen LogP contribution in [-0.2, 0) is 13.0 Å². The number of aromatic nitrogens is 2. The van der Waals surface area contributed by atoms with Gasteiger partial charge in [-0.2, -0.15) is 5.10 Å². The van der Waals surface area contributed by atoms with Crippen LogP contribution in [-0.4, -0.2) is 15.7 Å². The van der Waals surface area contributed by atoms with Crippen molar-refractivity contribution in [3.05, 3.63) is 77.6 Å². The lowest BCUT2D eigenvalue weighted by Crippen LogP contribution is -2.22. The fourth-order valence-corrected chi connectivity index (χ4v) is 2.64. The van der Waals surface area contributed by atoms with E-state index in [2.05, 4.69) is 34.5 Å². The Kier molecular flexibility index (Phi) is 7.20. The minimum Gasteiger partial charge on any atom is -0.370 e. The molecule has 1 heterocycles. The van der Waals surface area contributed by atoms with Gasteiger partial charge in [-0.3, -0.25) is 0 Å². The molecule has 0 aliphatic carbocycles. The molecule has 0 aliphatic rings. The van der Waals surface area contributed by atoms with Crippen molar-refractivity contribution in [1.29, 1.82) is 0 Å². The summed E-state index contributed by atoms with van der Waals surface area (Å²) in [5.74, 6) is 0.403. The number of nitrogens with one attached hydrogen (secondary N) is 1. The number of benzene rings is 2. The number of aliphatic imine (C=N–C) groups is 1. The second-order valence-electron chi connectivity index (χ2n) is 5.91. The van der Waals surface area contributed by atoms with Crippen LogP contribution in [0.1, 0.15) is 23.7 Å². The molecule has 0 amide bonds. The van der Waals surface area contributed by atoms with Gasteiger partial charge in [-0.15, -0.1) is 24.0 Å². The average molecular weight is 461 g/mol. The van der Waals surface area contributed by atoms with Crippen LogP contribution in [0.4, 0.5) is 5.69 Å². The molecule has 0 unspecified atom stereocenters. The Morgan fingerprint density at radius 2 is 1.96 bits per heavy atom. The van der Waals surface area contributed by atoms with Crippen molar-refractivity contribution in [2.45, 2.75) is 26.8 Å². The monoisotopic (exact) mass is 461 g/mol. The highest BCUT2D eigenvalue weighted by Gasteiger charge is 2.05. The zero-order chi connectivity index (χ0) is 17.6. The van der Waals surface area contributed by atoms with E-state index in [9.17, 15) is 0 Å². The van der Waals surface area contributed by atoms with E-state index in [1.807, 2.05) is 60.3 Å². The zero-order valence-corrected chi connectivity index (χ0v) is 17.3. The molecule has 26 heavy (non-hydrogen) atoms. The van der Waals surface area contributed by atoms with Crippen LogP contribution < -0.4 is 11.1 Å². The standard InChI is InChI=1S/C20H23N5.HI/c1-3-16-7-6-9-18(13-16)23-20(21)22-14-17-8-4-5-10-19(17)25-12-11-15(2)24-25;/h4-13H,3,14H2,1-2H3,(H3,21,22,23);1H. The van der Waals surface area contributed by atoms with Crippen molar-refractivity contribution < 1.29 is 0 Å². The van der Waals surface area contributed by atoms with Crippen molar-refractivity contribution in [2.24, 2.45) is 10.7 Å². The van der Waals surface area contributed by atoms with E-state index in [1.165, 1.54) is 5.56 Å². The van der Waals surface area contributed by atoms with Crippen LogP contribution >= 0.6 is 24.0 Å². The molecule has 0 bridgehead atoms. The van der Waals surface area contributed by atoms with Crippen LogP contribution in [0.3, 0.4) is 0 Å². The van der Waals surface area contributed by atoms with E-state index in [4.69, 9.17) is 5.73 Å². The SMILES string of the molecule is CCc1cccc(NC(N)=NCc2ccccc2-n2ccc(C)n2)c1.I. The van der Waals surface area contributed by atoms with Crippen LogP contribution in [0, 0.1) is 6.92 Å². The molecule has 3 rings (SSSR count). The Labute approximate surface area is 171 Å². The number of nitrogens with zero attached hydrogens (tertiary/aromatic N) is 3. The lowest BCUT2D eigenvalue weighted by molar-refractivity contribution is 0.844. The maximum atomic E-state index is 6.05. The Bertz CT molecular complexity index is 885. The van der Waals surface area contributed by atoms with E-state index in [1.54, 1.807) is 0 Å². The van der Waals surface area contributed by atoms with Crippen molar-refractivity contribution >= 4 is 35.6 Å². The molecular weight excluding hydrogens is 437 g/mol. The molecule has 0 fully saturated rings. The number of guanidine groups is 1. The van der Waals surface area contributed by atoms with Gasteiger partial charge >= 0.3 is 0 Å². The first-order valence-corrected chi connectivity index (χ1v) is 8.42. The summed E-state index contributed by atoms with van der Waals surface area (Å²) in [5, 5.41) is 7.63. The van der Waals surface area contributed by atoms with E-state index < -0.39 is 0 Å². The second kappa shape index (κ2) is 9.38. The maximum Gasteiger partial charge on any atom is 0.193 e. The highest BCUT2D eigenvalue weighted by Crippen LogP contribution is 2.15. The van der Waals surface area contributed by atoms with E-state index in [0.29, 0.717) is 12.5 Å². The summed E-state index contributed by atoms with van der Waals surface area (Å²) in [4.78, 5) is 4.48. The number of para-hydroxylation sites is 1. The fraction of sp³-hybridized carbons (Fsp3) is 0.200. The van der Waals surface area contributed by atoms with Gasteiger partial charge in [0, 0.05) is 11.9 Å². The number of hydrogen-bond donors (Lipinski definition) is 2. The quantitative estimate of drug-likeness (QED) is 0.339. The van der Waals surface area contributed by atoms with Crippen LogP contribution in [0.15, 0.2) is 65.8 Å². The lowest BCUT2D eigenvalue weighted by Gasteiger charge is -2.09. The zero-order valence-electron chi connectivity index (χ0n) is 15.0. The normalized spacial score (nSPS) is 11.1. The van der Waals surface area contributed by atoms with Crippen LogP contribution in [0.25, 0.3) is 5.69 Å². The summed E-state index contributed by atoms with van der Waals surface area (Å²) in [6.07, 6.45) is 2.94. The molecule has 0 saturated heterocycles. The molecule has 6 heteroatoms. The summed E-state index contributed by atoms with van der Waals surface area (Å²) < 4.78 is 1.87. The molecule has 0 saturated carbocycles. The molecule has 5 nitrogen and oxygen atoms in total. The van der Waals surface area contributed by atoms with Gasteiger partial charge in [0.15, 0.2) is 5.96 Å². The van der Waals surface area contributed by atoms with Gasteiger partial charge < -0.3 is 11.1 Å². The van der Waals surface area contributed by atoms with Crippen molar-refractivity contribution in [2.75, 3.05) is 5.32 Å². The van der Waals surface area contributed by atoms with Gasteiger partial charge in [-0.1, -0.05) is 37.3 Å². The summed E-state index contributed by atoms with van der Waals surface area (Å²) in [7, 11) is 0. The molecule has 3 aromatic rings. The summed E-state index contributed by atoms with van der Waals surface area (Å²) in [5.41, 5.74) is 11.3. The number of rotatable bonds is 5. The Morgan fingerprint density at radius 3 is 2.69 bits per heavy atom. The Balaban J connectivity index is 0.00000243. The number of anilines is 1. The third-order valence-electron chi connectivity index (χ3n) is 3.99. The predicted molar refractivity (Wildman–Crippen MR) is 118 cm³/mol. The second-order valence-corrected chi connectivity index (χ2v) is 5.91. The van der Waals surface area contributed by atoms with Gasteiger partial charge in [0.2, 0.25) is 0 Å². The molecule has 0 atom stereocenters. The largest absolute Gasteiger partial charge is 0.370 e. The Morgan fingerprint density at radius 1 is 1.15 bits per heavy atom. The van der Waals surface area contributed by atoms with Crippen LogP contribution in [0.2, 0.25) is 0 Å². The summed E-state index contributed by atoms with van der Waals surface area (Å²) in [6, 6.07) is 18.2. The average Bonchev–Trinajstić information content (AvgIpc) is 3.06. The minimum atomic E-state index is 0. The van der Waals surface area contributed by atoms with Crippen molar-refractivity contribution in [3.63, 3.8) is 0 Å². The number of hydrogen-bond acceptors (Lipinski definition) is 2. The molecule has 1 aromatic heterocycles. The van der Waals surface area contributed by atoms with Gasteiger partial charge in [0.1, 0.15) is 0 Å². The third-order valence-corrected chi connectivity index (χ3v) is 3.99. The first-order chi connectivity index (χ1) is 12.2. The van der Waals surface area contributed by atoms with Crippen molar-refractivity contribution in [3.8, 4) is 5.69 Å². The number of halogens is 1. The molecular formula is C20H24IN5. The predicted octanol–water partition coefficient (Wildman–Crippen LogP) is 4.29. The van der Waals surface area contributed by atoms with E-state index in [-0.39, 0.29) is 24.0 Å². The smallest absolute Gasteiger partial charge is 0.193 e. The minimum absolute atomic E-state index is 0. The van der Waals surface area contributed by atoms with Gasteiger partial charge in [0.05, 0.1) is 17.9 Å². The first-order valence-electron chi connectivity index (χ1n) is 8.42. The topological polar surface area (TPSA) is 68.2 Å². The van der Waals surface area contributed by atoms with Crippen LogP contribution in [0.5, 0.6) is 0 Å². The Hall–Kier alpha value is -2.35. The van der Waals surface area contributed by atoms with Crippen molar-refractivity contribution in [1.82, 2.24) is 9.78 Å². The van der Waals surface area contributed by atoms with Gasteiger partial charge in [-0.05, 0) is 48.7 Å². The highest BCUT2D eigenvalue weighted by atomic mass is 127. The molecule has 136 valence electrons. The van der Waals surface area contributed by atoms with E-state index in [0.717, 1.165) is 29.1 Å². The fourth-order valence-electron chi connectivity index (χ4n) is 2.64. The molecule has 2 aromatic carbocycles. The first kappa shape index (κ1) is 20.0. The van der Waals surface area contributed by atoms with Gasteiger partial charge in [-0.25, -0.2) is 9.67 Å². The number of nitrogens with two attached hydrogens (primary N) is 1. The molecule has 0 spiro atoms. The summed E-state index contributed by atoms with van der Waals surface area (Å²) >= 11 is 0. The molecule has 0 radical (unpaired) electrons. The lowest BCUT2D eigenvalue weighted by atomic mass is 10.1. The van der Waals surface area contributed by atoms with E-state index >= 15 is 0 Å². The maximum absolute atomic E-state index is 6.05. The highest BCUT2D eigenvalue weighted by molar-refractivity contribution is 14.0. The third kappa shape index (κ3) is 5.08. The number of aryl methyl sites for hydroxylation is 2. The van der Waals surface area contributed by atoms with Gasteiger partial charge in [0.25, 0.3) is 0 Å². The molecule has 0 aliphatic heterocycles. The summed E-state index contributed by atoms with van der Waals surface area (Å²) in [6.45, 7) is 4.59. The molecule has 3 N–H and O–H groups in total.